The van der Waals surface area contributed by atoms with Crippen LogP contribution in [-0.4, -0.2) is 22.1 Å². The second-order valence-electron chi connectivity index (χ2n) is 6.16. The molecule has 0 saturated heterocycles. The van der Waals surface area contributed by atoms with Crippen molar-refractivity contribution in [1.29, 1.82) is 0 Å². The molecule has 2 amide bonds. The Hall–Kier alpha value is -3.21. The highest BCUT2D eigenvalue weighted by Crippen LogP contribution is 2.24. The summed E-state index contributed by atoms with van der Waals surface area (Å²) in [5.74, 6) is 0. The number of H-pyrrole nitrogens is 1. The minimum absolute atomic E-state index is 0.184. The van der Waals surface area contributed by atoms with Gasteiger partial charge in [-0.25, -0.2) is 4.79 Å². The summed E-state index contributed by atoms with van der Waals surface area (Å²) in [6.07, 6.45) is 4.73. The van der Waals surface area contributed by atoms with Gasteiger partial charge in [0.25, 0.3) is 0 Å². The smallest absolute Gasteiger partial charge is 0.319 e. The van der Waals surface area contributed by atoms with Crippen LogP contribution in [0.4, 0.5) is 10.5 Å². The van der Waals surface area contributed by atoms with Crippen molar-refractivity contribution in [3.05, 3.63) is 66.5 Å². The lowest BCUT2D eigenvalue weighted by Crippen LogP contribution is -2.30. The molecule has 25 heavy (non-hydrogen) atoms. The summed E-state index contributed by atoms with van der Waals surface area (Å²) < 4.78 is 2.01. The monoisotopic (exact) mass is 332 g/mol. The Morgan fingerprint density at radius 3 is 2.72 bits per heavy atom. The van der Waals surface area contributed by atoms with Gasteiger partial charge in [0.15, 0.2) is 0 Å². The highest BCUT2D eigenvalue weighted by Gasteiger charge is 2.09. The predicted molar refractivity (Wildman–Crippen MR) is 102 cm³/mol. The molecule has 0 bridgehead atoms. The minimum Gasteiger partial charge on any atom is -0.361 e. The first-order valence-corrected chi connectivity index (χ1v) is 8.36. The number of anilines is 1. The molecular formula is C20H20N4O. The molecule has 0 unspecified atom stereocenters. The largest absolute Gasteiger partial charge is 0.361 e. The Kier molecular flexibility index (Phi) is 3.90. The van der Waals surface area contributed by atoms with Gasteiger partial charge in [-0.3, -0.25) is 0 Å². The molecule has 0 radical (unpaired) electrons. The van der Waals surface area contributed by atoms with Crippen LogP contribution in [0.2, 0.25) is 0 Å². The number of aromatic amines is 1. The SMILES string of the molecule is Cn1cc(NC(=O)NCCc2c[nH]c3ccccc23)c2ccccc21. The summed E-state index contributed by atoms with van der Waals surface area (Å²) in [5.41, 5.74) is 4.25. The number of rotatable bonds is 4. The number of nitrogens with one attached hydrogen (secondary N) is 3. The molecule has 4 aromatic rings. The molecule has 0 atom stereocenters. The van der Waals surface area contributed by atoms with Crippen LogP contribution in [-0.2, 0) is 13.5 Å². The molecule has 5 nitrogen and oxygen atoms in total. The molecule has 0 spiro atoms. The van der Waals surface area contributed by atoms with Crippen molar-refractivity contribution < 1.29 is 4.79 Å². The van der Waals surface area contributed by atoms with Gasteiger partial charge in [-0.15, -0.1) is 0 Å². The van der Waals surface area contributed by atoms with Crippen molar-refractivity contribution in [3.63, 3.8) is 0 Å². The number of fused-ring (bicyclic) bond motifs is 2. The van der Waals surface area contributed by atoms with Crippen LogP contribution in [0.5, 0.6) is 0 Å². The molecule has 2 aromatic carbocycles. The molecule has 4 rings (SSSR count). The Morgan fingerprint density at radius 2 is 1.84 bits per heavy atom. The molecule has 3 N–H and O–H groups in total. The van der Waals surface area contributed by atoms with Crippen molar-refractivity contribution in [1.82, 2.24) is 14.9 Å². The number of nitrogens with zero attached hydrogens (tertiary/aromatic N) is 1. The number of amides is 2. The van der Waals surface area contributed by atoms with E-state index in [9.17, 15) is 4.79 Å². The van der Waals surface area contributed by atoms with Gasteiger partial charge < -0.3 is 20.2 Å². The van der Waals surface area contributed by atoms with Gasteiger partial charge in [0.2, 0.25) is 0 Å². The van der Waals surface area contributed by atoms with Gasteiger partial charge in [-0.05, 0) is 24.1 Å². The lowest BCUT2D eigenvalue weighted by Gasteiger charge is -2.06. The summed E-state index contributed by atoms with van der Waals surface area (Å²) in [7, 11) is 1.97. The molecule has 0 fully saturated rings. The fourth-order valence-corrected chi connectivity index (χ4v) is 3.26. The first-order chi connectivity index (χ1) is 12.2. The van der Waals surface area contributed by atoms with Crippen LogP contribution < -0.4 is 10.6 Å². The Labute approximate surface area is 145 Å². The number of carbonyl (C=O) groups is 1. The van der Waals surface area contributed by atoms with Crippen molar-refractivity contribution in [2.75, 3.05) is 11.9 Å². The maximum absolute atomic E-state index is 12.2. The summed E-state index contributed by atoms with van der Waals surface area (Å²) >= 11 is 0. The van der Waals surface area contributed by atoms with Gasteiger partial charge in [0, 0.05) is 47.8 Å². The highest BCUT2D eigenvalue weighted by atomic mass is 16.2. The van der Waals surface area contributed by atoms with Crippen molar-refractivity contribution in [2.45, 2.75) is 6.42 Å². The lowest BCUT2D eigenvalue weighted by atomic mass is 10.1. The summed E-state index contributed by atoms with van der Waals surface area (Å²) in [6.45, 7) is 0.582. The van der Waals surface area contributed by atoms with E-state index < -0.39 is 0 Å². The maximum atomic E-state index is 12.2. The van der Waals surface area contributed by atoms with Crippen molar-refractivity contribution in [2.24, 2.45) is 7.05 Å². The van der Waals surface area contributed by atoms with E-state index in [0.29, 0.717) is 6.54 Å². The number of aryl methyl sites for hydroxylation is 1. The average molecular weight is 332 g/mol. The van der Waals surface area contributed by atoms with E-state index in [0.717, 1.165) is 28.5 Å². The number of urea groups is 1. The first-order valence-electron chi connectivity index (χ1n) is 8.36. The normalized spacial score (nSPS) is 11.1. The van der Waals surface area contributed by atoms with E-state index in [1.165, 1.54) is 10.9 Å². The van der Waals surface area contributed by atoms with E-state index in [1.54, 1.807) is 0 Å². The van der Waals surface area contributed by atoms with Gasteiger partial charge in [0.1, 0.15) is 0 Å². The number of carbonyl (C=O) groups excluding carboxylic acids is 1. The molecule has 0 saturated carbocycles. The molecule has 0 aliphatic heterocycles. The summed E-state index contributed by atoms with van der Waals surface area (Å²) in [6, 6.07) is 16.0. The second-order valence-corrected chi connectivity index (χ2v) is 6.16. The third-order valence-electron chi connectivity index (χ3n) is 4.50. The van der Waals surface area contributed by atoms with Crippen molar-refractivity contribution in [3.8, 4) is 0 Å². The predicted octanol–water partition coefficient (Wildman–Crippen LogP) is 4.02. The Balaban J connectivity index is 1.39. The fraction of sp³-hybridized carbons (Fsp3) is 0.150. The topological polar surface area (TPSA) is 61.9 Å². The fourth-order valence-electron chi connectivity index (χ4n) is 3.26. The third-order valence-corrected chi connectivity index (χ3v) is 4.50. The quantitative estimate of drug-likeness (QED) is 0.519. The Morgan fingerprint density at radius 1 is 1.08 bits per heavy atom. The van der Waals surface area contributed by atoms with Crippen LogP contribution >= 0.6 is 0 Å². The zero-order chi connectivity index (χ0) is 17.2. The van der Waals surface area contributed by atoms with Gasteiger partial charge in [0.05, 0.1) is 5.69 Å². The zero-order valence-corrected chi connectivity index (χ0v) is 14.0. The van der Waals surface area contributed by atoms with Crippen LogP contribution in [0.3, 0.4) is 0 Å². The van der Waals surface area contributed by atoms with Crippen LogP contribution in [0.25, 0.3) is 21.8 Å². The molecule has 2 heterocycles. The number of para-hydroxylation sites is 2. The summed E-state index contributed by atoms with van der Waals surface area (Å²) in [4.78, 5) is 15.5. The molecule has 5 heteroatoms. The standard InChI is InChI=1S/C20H20N4O/c1-24-13-18(16-7-3-5-9-19(16)24)23-20(25)21-11-10-14-12-22-17-8-4-2-6-15(14)17/h2-9,12-13,22H,10-11H2,1H3,(H2,21,23,25). The molecule has 0 aliphatic carbocycles. The summed E-state index contributed by atoms with van der Waals surface area (Å²) in [5, 5.41) is 8.13. The maximum Gasteiger partial charge on any atom is 0.319 e. The van der Waals surface area contributed by atoms with Gasteiger partial charge in [-0.1, -0.05) is 36.4 Å². The van der Waals surface area contributed by atoms with Crippen molar-refractivity contribution >= 4 is 33.5 Å². The van der Waals surface area contributed by atoms with Gasteiger partial charge >= 0.3 is 6.03 Å². The van der Waals surface area contributed by atoms with E-state index >= 15 is 0 Å². The second kappa shape index (κ2) is 6.36. The molecule has 0 aliphatic rings. The number of benzene rings is 2. The Bertz CT molecular complexity index is 1040. The highest BCUT2D eigenvalue weighted by molar-refractivity contribution is 6.01. The number of aromatic nitrogens is 2. The van der Waals surface area contributed by atoms with Crippen LogP contribution in [0.1, 0.15) is 5.56 Å². The van der Waals surface area contributed by atoms with Gasteiger partial charge in [-0.2, -0.15) is 0 Å². The molecule has 126 valence electrons. The average Bonchev–Trinajstić information content (AvgIpc) is 3.17. The molecule has 2 aromatic heterocycles. The molecular weight excluding hydrogens is 312 g/mol. The van der Waals surface area contributed by atoms with E-state index in [2.05, 4.69) is 27.8 Å². The number of hydrogen-bond acceptors (Lipinski definition) is 1. The number of hydrogen-bond donors (Lipinski definition) is 3. The zero-order valence-electron chi connectivity index (χ0n) is 14.0. The van der Waals surface area contributed by atoms with E-state index in [4.69, 9.17) is 0 Å². The third kappa shape index (κ3) is 2.96. The van der Waals surface area contributed by atoms with E-state index in [-0.39, 0.29) is 6.03 Å². The van der Waals surface area contributed by atoms with Crippen LogP contribution in [0.15, 0.2) is 60.9 Å². The lowest BCUT2D eigenvalue weighted by molar-refractivity contribution is 0.252. The van der Waals surface area contributed by atoms with E-state index in [1.807, 2.05) is 60.4 Å². The minimum atomic E-state index is -0.184. The van der Waals surface area contributed by atoms with Crippen LogP contribution in [0, 0.1) is 0 Å². The first kappa shape index (κ1) is 15.3.